The number of methoxy groups -OCH3 is 1. The second-order valence-electron chi connectivity index (χ2n) is 8.53. The minimum absolute atomic E-state index is 0.211. The molecule has 1 fully saturated rings. The van der Waals surface area contributed by atoms with Crippen molar-refractivity contribution >= 4 is 16.0 Å². The van der Waals surface area contributed by atoms with E-state index in [4.69, 9.17) is 4.74 Å². The molecule has 0 radical (unpaired) electrons. The lowest BCUT2D eigenvalue weighted by Gasteiger charge is -2.36. The Bertz CT molecular complexity index is 1280. The molecule has 0 spiro atoms. The quantitative estimate of drug-likeness (QED) is 0.551. The number of nitrogens with zero attached hydrogens (tertiary/aromatic N) is 2. The van der Waals surface area contributed by atoms with Crippen LogP contribution in [0.15, 0.2) is 83.8 Å². The maximum Gasteiger partial charge on any atom is 0.325 e. The number of ether oxygens (including phenoxy) is 1. The lowest BCUT2D eigenvalue weighted by molar-refractivity contribution is -0.147. The van der Waals surface area contributed by atoms with Gasteiger partial charge in [0, 0.05) is 6.54 Å². The second-order valence-corrected chi connectivity index (χ2v) is 10.4. The van der Waals surface area contributed by atoms with Crippen LogP contribution in [-0.2, 0) is 26.0 Å². The Morgan fingerprint density at radius 2 is 1.61 bits per heavy atom. The predicted octanol–water partition coefficient (Wildman–Crippen LogP) is 3.84. The summed E-state index contributed by atoms with van der Waals surface area (Å²) in [7, 11) is -2.60. The van der Waals surface area contributed by atoms with Gasteiger partial charge in [-0.25, -0.2) is 8.42 Å². The Hall–Kier alpha value is -3.00. The lowest BCUT2D eigenvalue weighted by Crippen LogP contribution is -2.43. The second kappa shape index (κ2) is 8.41. The summed E-state index contributed by atoms with van der Waals surface area (Å²) >= 11 is 0. The van der Waals surface area contributed by atoms with E-state index in [1.807, 2.05) is 66.4 Å². The number of rotatable bonds is 4. The Kier molecular flexibility index (Phi) is 5.56. The first-order valence-corrected chi connectivity index (χ1v) is 12.4. The molecular formula is C26H26N2O4S. The van der Waals surface area contributed by atoms with Crippen molar-refractivity contribution in [2.45, 2.75) is 36.5 Å². The molecule has 0 N–H and O–H groups in total. The van der Waals surface area contributed by atoms with Gasteiger partial charge in [0.15, 0.2) is 0 Å². The summed E-state index contributed by atoms with van der Waals surface area (Å²) in [6, 6.07) is 22.6. The van der Waals surface area contributed by atoms with Crippen LogP contribution in [0.3, 0.4) is 0 Å². The van der Waals surface area contributed by atoms with Crippen LogP contribution >= 0.6 is 0 Å². The van der Waals surface area contributed by atoms with Crippen LogP contribution in [0.5, 0.6) is 0 Å². The number of sulfonamides is 1. The third kappa shape index (κ3) is 3.57. The molecule has 0 aliphatic carbocycles. The number of carbonyl (C=O) groups excluding carboxylic acids is 1. The van der Waals surface area contributed by atoms with E-state index in [9.17, 15) is 13.2 Å². The molecule has 6 nitrogen and oxygen atoms in total. The lowest BCUT2D eigenvalue weighted by atomic mass is 9.96. The fraction of sp³-hybridized carbons (Fsp3) is 0.269. The number of aryl methyl sites for hydroxylation is 1. The number of hydrogen-bond acceptors (Lipinski definition) is 5. The van der Waals surface area contributed by atoms with Crippen molar-refractivity contribution in [1.82, 2.24) is 9.21 Å². The number of hydrogen-bond donors (Lipinski definition) is 0. The van der Waals surface area contributed by atoms with E-state index >= 15 is 0 Å². The predicted molar refractivity (Wildman–Crippen MR) is 125 cm³/mol. The molecule has 33 heavy (non-hydrogen) atoms. The first-order valence-electron chi connectivity index (χ1n) is 11.0. The third-order valence-corrected chi connectivity index (χ3v) is 8.49. The van der Waals surface area contributed by atoms with Gasteiger partial charge in [-0.15, -0.1) is 0 Å². The average molecular weight is 463 g/mol. The molecule has 0 bridgehead atoms. The van der Waals surface area contributed by atoms with E-state index in [2.05, 4.69) is 0 Å². The Morgan fingerprint density at radius 1 is 0.939 bits per heavy atom. The molecule has 7 heteroatoms. The summed E-state index contributed by atoms with van der Waals surface area (Å²) in [5, 5.41) is 0. The summed E-state index contributed by atoms with van der Waals surface area (Å²) in [5.74, 6) is -0.435. The normalized spacial score (nSPS) is 23.0. The standard InChI is InChI=1S/C26H26N2O4S/c1-18-12-14-21(15-13-18)33(30,31)28-23(20-9-4-3-5-10-20)24(26(29)32-2)27-17-16-19-8-6-7-11-22(19)25(27)28/h3-15,23-25H,16-17H2,1-2H3/t23-,24+,25+/m0/s1. The van der Waals surface area contributed by atoms with Crippen LogP contribution in [0.25, 0.3) is 0 Å². The zero-order valence-corrected chi connectivity index (χ0v) is 19.4. The molecule has 2 aliphatic rings. The number of fused-ring (bicyclic) bond motifs is 3. The van der Waals surface area contributed by atoms with Crippen LogP contribution in [0.4, 0.5) is 0 Å². The zero-order valence-electron chi connectivity index (χ0n) is 18.6. The maximum absolute atomic E-state index is 14.2. The van der Waals surface area contributed by atoms with Gasteiger partial charge in [-0.1, -0.05) is 72.3 Å². The van der Waals surface area contributed by atoms with Crippen molar-refractivity contribution in [3.63, 3.8) is 0 Å². The molecular weight excluding hydrogens is 436 g/mol. The monoisotopic (exact) mass is 462 g/mol. The highest BCUT2D eigenvalue weighted by atomic mass is 32.2. The van der Waals surface area contributed by atoms with Crippen molar-refractivity contribution in [3.8, 4) is 0 Å². The first-order chi connectivity index (χ1) is 15.9. The van der Waals surface area contributed by atoms with Crippen molar-refractivity contribution in [3.05, 3.63) is 101 Å². The Morgan fingerprint density at radius 3 is 2.30 bits per heavy atom. The van der Waals surface area contributed by atoms with Crippen LogP contribution in [0.1, 0.15) is 34.5 Å². The van der Waals surface area contributed by atoms with Gasteiger partial charge >= 0.3 is 5.97 Å². The highest BCUT2D eigenvalue weighted by Gasteiger charge is 2.57. The fourth-order valence-corrected chi connectivity index (χ4v) is 6.85. The number of benzene rings is 3. The van der Waals surface area contributed by atoms with Gasteiger partial charge in [-0.3, -0.25) is 9.69 Å². The Balaban J connectivity index is 1.76. The van der Waals surface area contributed by atoms with E-state index in [-0.39, 0.29) is 4.90 Å². The van der Waals surface area contributed by atoms with Gasteiger partial charge in [0.25, 0.3) is 0 Å². The van der Waals surface area contributed by atoms with Crippen molar-refractivity contribution in [2.75, 3.05) is 13.7 Å². The third-order valence-electron chi connectivity index (χ3n) is 6.64. The topological polar surface area (TPSA) is 66.9 Å². The zero-order chi connectivity index (χ0) is 23.2. The van der Waals surface area contributed by atoms with E-state index in [0.29, 0.717) is 6.54 Å². The highest BCUT2D eigenvalue weighted by molar-refractivity contribution is 7.89. The molecule has 5 rings (SSSR count). The summed E-state index contributed by atoms with van der Waals surface area (Å²) in [4.78, 5) is 15.3. The molecule has 0 amide bonds. The van der Waals surface area contributed by atoms with Gasteiger partial charge in [0.05, 0.1) is 18.0 Å². The molecule has 3 aromatic rings. The van der Waals surface area contributed by atoms with Gasteiger partial charge in [0.2, 0.25) is 10.0 Å². The fourth-order valence-electron chi connectivity index (χ4n) is 5.09. The van der Waals surface area contributed by atoms with Gasteiger partial charge in [-0.2, -0.15) is 4.31 Å². The van der Waals surface area contributed by atoms with Crippen molar-refractivity contribution in [1.29, 1.82) is 0 Å². The van der Waals surface area contributed by atoms with Gasteiger partial charge in [0.1, 0.15) is 12.2 Å². The van der Waals surface area contributed by atoms with E-state index in [0.717, 1.165) is 28.7 Å². The Labute approximate surface area is 194 Å². The molecule has 170 valence electrons. The smallest absolute Gasteiger partial charge is 0.325 e. The minimum Gasteiger partial charge on any atom is -0.468 e. The molecule has 1 saturated heterocycles. The summed E-state index contributed by atoms with van der Waals surface area (Å²) < 4.78 is 35.1. The molecule has 2 heterocycles. The molecule has 0 aromatic heterocycles. The van der Waals surface area contributed by atoms with Gasteiger partial charge < -0.3 is 4.74 Å². The van der Waals surface area contributed by atoms with Crippen molar-refractivity contribution < 1.29 is 17.9 Å². The van der Waals surface area contributed by atoms with E-state index < -0.39 is 34.2 Å². The molecule has 3 aromatic carbocycles. The molecule has 0 unspecified atom stereocenters. The van der Waals surface area contributed by atoms with Crippen LogP contribution in [-0.4, -0.2) is 43.3 Å². The van der Waals surface area contributed by atoms with E-state index in [1.54, 1.807) is 24.3 Å². The highest BCUT2D eigenvalue weighted by Crippen LogP contribution is 2.51. The molecule has 0 saturated carbocycles. The molecule has 3 atom stereocenters. The van der Waals surface area contributed by atoms with Crippen LogP contribution in [0, 0.1) is 6.92 Å². The average Bonchev–Trinajstić information content (AvgIpc) is 3.21. The van der Waals surface area contributed by atoms with E-state index in [1.165, 1.54) is 11.4 Å². The summed E-state index contributed by atoms with van der Waals surface area (Å²) in [5.41, 5.74) is 3.74. The van der Waals surface area contributed by atoms with Gasteiger partial charge in [-0.05, 0) is 42.2 Å². The first kappa shape index (κ1) is 21.8. The molecule has 2 aliphatic heterocycles. The minimum atomic E-state index is -3.96. The summed E-state index contributed by atoms with van der Waals surface area (Å²) in [6.07, 6.45) is 0.135. The van der Waals surface area contributed by atoms with Crippen molar-refractivity contribution in [2.24, 2.45) is 0 Å². The SMILES string of the molecule is COC(=O)[C@H]1[C@H](c2ccccc2)N(S(=O)(=O)c2ccc(C)cc2)[C@@H]2c3ccccc3CCN21. The van der Waals surface area contributed by atoms with Crippen LogP contribution < -0.4 is 0 Å². The number of esters is 1. The maximum atomic E-state index is 14.2. The summed E-state index contributed by atoms with van der Waals surface area (Å²) in [6.45, 7) is 2.48. The number of carbonyl (C=O) groups is 1. The largest absolute Gasteiger partial charge is 0.468 e. The van der Waals surface area contributed by atoms with Crippen LogP contribution in [0.2, 0.25) is 0 Å².